The van der Waals surface area contributed by atoms with Crippen LogP contribution in [0.5, 0.6) is 0 Å². The van der Waals surface area contributed by atoms with Gasteiger partial charge in [-0.05, 0) is 49.3 Å². The molecule has 0 radical (unpaired) electrons. The second-order valence-electron chi connectivity index (χ2n) is 6.43. The van der Waals surface area contributed by atoms with Crippen LogP contribution in [0.25, 0.3) is 5.69 Å². The zero-order valence-electron chi connectivity index (χ0n) is 13.0. The molecule has 1 fully saturated rings. The molecule has 1 aromatic carbocycles. The fourth-order valence-electron chi connectivity index (χ4n) is 3.16. The van der Waals surface area contributed by atoms with Gasteiger partial charge in [-0.1, -0.05) is 32.0 Å². The molecule has 0 spiro atoms. The summed E-state index contributed by atoms with van der Waals surface area (Å²) in [6.45, 7) is 5.62. The van der Waals surface area contributed by atoms with E-state index in [1.807, 2.05) is 29.1 Å². The van der Waals surface area contributed by atoms with Crippen molar-refractivity contribution in [1.29, 1.82) is 0 Å². The minimum Gasteiger partial charge on any atom is -0.308 e. The van der Waals surface area contributed by atoms with Crippen LogP contribution in [0, 0.1) is 11.8 Å². The highest BCUT2D eigenvalue weighted by atomic mass is 15.3. The molecule has 1 aromatic heterocycles. The summed E-state index contributed by atoms with van der Waals surface area (Å²) < 4.78 is 1.95. The maximum absolute atomic E-state index is 4.65. The zero-order chi connectivity index (χ0) is 14.7. The number of hydrogen-bond donors (Lipinski definition) is 1. The molecular weight excluding hydrogens is 258 g/mol. The second-order valence-corrected chi connectivity index (χ2v) is 6.43. The van der Waals surface area contributed by atoms with E-state index in [0.29, 0.717) is 6.04 Å². The van der Waals surface area contributed by atoms with Crippen LogP contribution >= 0.6 is 0 Å². The van der Waals surface area contributed by atoms with Gasteiger partial charge in [-0.15, -0.1) is 0 Å². The standard InChI is InChI=1S/C18H25N3/c1-14-8-9-16(12-15(14)2)19-13-17-10-11-21(20-17)18-6-4-3-5-7-18/h3-7,10-11,14-16,19H,8-9,12-13H2,1-2H3. The van der Waals surface area contributed by atoms with Gasteiger partial charge in [0.2, 0.25) is 0 Å². The van der Waals surface area contributed by atoms with Gasteiger partial charge in [0.05, 0.1) is 11.4 Å². The molecule has 3 heteroatoms. The molecule has 112 valence electrons. The third kappa shape index (κ3) is 3.53. The van der Waals surface area contributed by atoms with E-state index in [9.17, 15) is 0 Å². The van der Waals surface area contributed by atoms with Crippen LogP contribution in [0.2, 0.25) is 0 Å². The minimum absolute atomic E-state index is 0.651. The van der Waals surface area contributed by atoms with E-state index in [-0.39, 0.29) is 0 Å². The van der Waals surface area contributed by atoms with Gasteiger partial charge in [0.15, 0.2) is 0 Å². The van der Waals surface area contributed by atoms with Gasteiger partial charge in [0.25, 0.3) is 0 Å². The van der Waals surface area contributed by atoms with Crippen LogP contribution in [0.3, 0.4) is 0 Å². The first-order valence-corrected chi connectivity index (χ1v) is 8.05. The van der Waals surface area contributed by atoms with E-state index < -0.39 is 0 Å². The van der Waals surface area contributed by atoms with Crippen molar-refractivity contribution in [2.24, 2.45) is 11.8 Å². The largest absolute Gasteiger partial charge is 0.308 e. The van der Waals surface area contributed by atoms with Gasteiger partial charge in [0, 0.05) is 18.8 Å². The van der Waals surface area contributed by atoms with E-state index in [1.165, 1.54) is 19.3 Å². The van der Waals surface area contributed by atoms with Crippen molar-refractivity contribution in [2.75, 3.05) is 0 Å². The molecule has 1 aliphatic rings. The Morgan fingerprint density at radius 2 is 1.90 bits per heavy atom. The molecule has 2 aromatic rings. The van der Waals surface area contributed by atoms with Crippen molar-refractivity contribution >= 4 is 0 Å². The predicted molar refractivity (Wildman–Crippen MR) is 86.4 cm³/mol. The predicted octanol–water partition coefficient (Wildman–Crippen LogP) is 3.79. The molecule has 3 rings (SSSR count). The molecule has 3 atom stereocenters. The highest BCUT2D eigenvalue weighted by Gasteiger charge is 2.24. The van der Waals surface area contributed by atoms with Crippen molar-refractivity contribution in [3.05, 3.63) is 48.3 Å². The molecule has 0 aliphatic heterocycles. The average Bonchev–Trinajstić information content (AvgIpc) is 2.98. The highest BCUT2D eigenvalue weighted by Crippen LogP contribution is 2.29. The molecule has 1 heterocycles. The number of aromatic nitrogens is 2. The normalized spacial score (nSPS) is 25.9. The Morgan fingerprint density at radius 1 is 1.10 bits per heavy atom. The summed E-state index contributed by atoms with van der Waals surface area (Å²) >= 11 is 0. The Bertz CT molecular complexity index is 561. The van der Waals surface area contributed by atoms with Crippen molar-refractivity contribution in [3.8, 4) is 5.69 Å². The number of rotatable bonds is 4. The first-order chi connectivity index (χ1) is 10.2. The molecule has 1 N–H and O–H groups in total. The zero-order valence-corrected chi connectivity index (χ0v) is 13.0. The molecule has 3 nitrogen and oxygen atoms in total. The summed E-state index contributed by atoms with van der Waals surface area (Å²) in [6, 6.07) is 13.0. The second kappa shape index (κ2) is 6.44. The lowest BCUT2D eigenvalue weighted by Gasteiger charge is -2.32. The van der Waals surface area contributed by atoms with E-state index in [4.69, 9.17) is 0 Å². The fourth-order valence-corrected chi connectivity index (χ4v) is 3.16. The van der Waals surface area contributed by atoms with Gasteiger partial charge < -0.3 is 5.32 Å². The van der Waals surface area contributed by atoms with Crippen molar-refractivity contribution < 1.29 is 0 Å². The van der Waals surface area contributed by atoms with E-state index in [1.54, 1.807) is 0 Å². The van der Waals surface area contributed by atoms with Crippen LogP contribution in [0.4, 0.5) is 0 Å². The van der Waals surface area contributed by atoms with E-state index in [2.05, 4.69) is 42.5 Å². The van der Waals surface area contributed by atoms with Crippen LogP contribution in [-0.4, -0.2) is 15.8 Å². The van der Waals surface area contributed by atoms with E-state index in [0.717, 1.165) is 29.8 Å². The quantitative estimate of drug-likeness (QED) is 0.925. The SMILES string of the molecule is CC1CCC(NCc2ccn(-c3ccccc3)n2)CC1C. The topological polar surface area (TPSA) is 29.9 Å². The van der Waals surface area contributed by atoms with Gasteiger partial charge in [0.1, 0.15) is 0 Å². The summed E-state index contributed by atoms with van der Waals surface area (Å²) in [4.78, 5) is 0. The Kier molecular flexibility index (Phi) is 4.39. The van der Waals surface area contributed by atoms with Crippen molar-refractivity contribution in [2.45, 2.75) is 45.7 Å². The molecule has 21 heavy (non-hydrogen) atoms. The monoisotopic (exact) mass is 283 g/mol. The molecule has 1 aliphatic carbocycles. The van der Waals surface area contributed by atoms with Crippen LogP contribution in [0.15, 0.2) is 42.6 Å². The van der Waals surface area contributed by atoms with Crippen LogP contribution in [0.1, 0.15) is 38.8 Å². The lowest BCUT2D eigenvalue weighted by atomic mass is 9.79. The Morgan fingerprint density at radius 3 is 2.67 bits per heavy atom. The lowest BCUT2D eigenvalue weighted by Crippen LogP contribution is -2.35. The van der Waals surface area contributed by atoms with Gasteiger partial charge in [-0.3, -0.25) is 0 Å². The summed E-state index contributed by atoms with van der Waals surface area (Å²) in [5, 5.41) is 8.33. The number of para-hydroxylation sites is 1. The van der Waals surface area contributed by atoms with Crippen molar-refractivity contribution in [1.82, 2.24) is 15.1 Å². The minimum atomic E-state index is 0.651. The Balaban J connectivity index is 1.56. The van der Waals surface area contributed by atoms with Gasteiger partial charge >= 0.3 is 0 Å². The molecule has 1 saturated carbocycles. The van der Waals surface area contributed by atoms with Crippen LogP contribution in [-0.2, 0) is 6.54 Å². The lowest BCUT2D eigenvalue weighted by molar-refractivity contribution is 0.225. The Labute approximate surface area is 127 Å². The summed E-state index contributed by atoms with van der Waals surface area (Å²) in [7, 11) is 0. The maximum Gasteiger partial charge on any atom is 0.0766 e. The number of hydrogen-bond acceptors (Lipinski definition) is 2. The number of nitrogens with one attached hydrogen (secondary N) is 1. The number of nitrogens with zero attached hydrogens (tertiary/aromatic N) is 2. The maximum atomic E-state index is 4.65. The van der Waals surface area contributed by atoms with E-state index >= 15 is 0 Å². The number of benzene rings is 1. The first-order valence-electron chi connectivity index (χ1n) is 8.05. The van der Waals surface area contributed by atoms with Gasteiger partial charge in [-0.25, -0.2) is 4.68 Å². The van der Waals surface area contributed by atoms with Crippen molar-refractivity contribution in [3.63, 3.8) is 0 Å². The molecule has 0 bridgehead atoms. The summed E-state index contributed by atoms with van der Waals surface area (Å²) in [6.07, 6.45) is 5.97. The molecule has 0 amide bonds. The van der Waals surface area contributed by atoms with Gasteiger partial charge in [-0.2, -0.15) is 5.10 Å². The fraction of sp³-hybridized carbons (Fsp3) is 0.500. The average molecular weight is 283 g/mol. The van der Waals surface area contributed by atoms with Crippen LogP contribution < -0.4 is 5.32 Å². The molecular formula is C18H25N3. The third-order valence-corrected chi connectivity index (χ3v) is 4.84. The summed E-state index contributed by atoms with van der Waals surface area (Å²) in [5.74, 6) is 1.71. The third-order valence-electron chi connectivity index (χ3n) is 4.84. The molecule has 0 saturated heterocycles. The summed E-state index contributed by atoms with van der Waals surface area (Å²) in [5.41, 5.74) is 2.23. The molecule has 3 unspecified atom stereocenters. The highest BCUT2D eigenvalue weighted by molar-refractivity contribution is 5.30. The Hall–Kier alpha value is -1.61. The first kappa shape index (κ1) is 14.3. The smallest absolute Gasteiger partial charge is 0.0766 e.